The summed E-state index contributed by atoms with van der Waals surface area (Å²) in [6.07, 6.45) is 6.61. The first kappa shape index (κ1) is 15.0. The maximum absolute atomic E-state index is 12.3. The predicted molar refractivity (Wildman–Crippen MR) is 79.6 cm³/mol. The smallest absolute Gasteiger partial charge is 0.224 e. The molecule has 1 aromatic heterocycles. The summed E-state index contributed by atoms with van der Waals surface area (Å²) in [5.41, 5.74) is 0. The van der Waals surface area contributed by atoms with E-state index in [1.807, 2.05) is 24.3 Å². The fraction of sp³-hybridized carbons (Fsp3) is 0.733. The quantitative estimate of drug-likeness (QED) is 0.890. The third kappa shape index (κ3) is 3.60. The lowest BCUT2D eigenvalue weighted by molar-refractivity contribution is -0.132. The first-order valence-corrected chi connectivity index (χ1v) is 7.58. The van der Waals surface area contributed by atoms with Crippen LogP contribution in [-0.2, 0) is 11.3 Å². The molecule has 0 saturated carbocycles. The monoisotopic (exact) mass is 278 g/mol. The zero-order chi connectivity index (χ0) is 14.5. The molecule has 0 bridgehead atoms. The summed E-state index contributed by atoms with van der Waals surface area (Å²) in [5.74, 6) is 1.71. The molecule has 2 heterocycles. The molecule has 1 aliphatic heterocycles. The van der Waals surface area contributed by atoms with Crippen LogP contribution < -0.4 is 5.32 Å². The molecule has 1 atom stereocenters. The van der Waals surface area contributed by atoms with Gasteiger partial charge in [0.1, 0.15) is 5.82 Å². The number of hydrogen-bond acceptors (Lipinski definition) is 3. The van der Waals surface area contributed by atoms with Gasteiger partial charge in [-0.3, -0.25) is 4.79 Å². The Bertz CT molecular complexity index is 441. The van der Waals surface area contributed by atoms with Crippen LogP contribution in [0.25, 0.3) is 0 Å². The zero-order valence-corrected chi connectivity index (χ0v) is 12.8. The number of nitrogens with one attached hydrogen (secondary N) is 1. The Balaban J connectivity index is 1.87. The summed E-state index contributed by atoms with van der Waals surface area (Å²) >= 11 is 0. The summed E-state index contributed by atoms with van der Waals surface area (Å²) in [4.78, 5) is 18.7. The average molecular weight is 278 g/mol. The van der Waals surface area contributed by atoms with E-state index in [2.05, 4.69) is 28.7 Å². The van der Waals surface area contributed by atoms with Crippen molar-refractivity contribution in [2.45, 2.75) is 51.6 Å². The lowest BCUT2D eigenvalue weighted by atomic mass is 10.1. The molecule has 1 aliphatic rings. The van der Waals surface area contributed by atoms with E-state index in [1.165, 1.54) is 6.42 Å². The summed E-state index contributed by atoms with van der Waals surface area (Å²) in [6, 6.07) is 0.451. The van der Waals surface area contributed by atoms with Crippen LogP contribution in [0.5, 0.6) is 0 Å². The molecule has 1 N–H and O–H groups in total. The maximum Gasteiger partial charge on any atom is 0.224 e. The van der Waals surface area contributed by atoms with Gasteiger partial charge in [0.2, 0.25) is 5.91 Å². The molecular formula is C15H26N4O. The topological polar surface area (TPSA) is 50.2 Å². The predicted octanol–water partition coefficient (Wildman–Crippen LogP) is 1.61. The number of rotatable bonds is 5. The van der Waals surface area contributed by atoms with Crippen molar-refractivity contribution < 1.29 is 4.79 Å². The highest BCUT2D eigenvalue weighted by Gasteiger charge is 2.22. The van der Waals surface area contributed by atoms with Crippen LogP contribution in [0, 0.1) is 0 Å². The van der Waals surface area contributed by atoms with Crippen molar-refractivity contribution in [2.75, 3.05) is 20.1 Å². The highest BCUT2D eigenvalue weighted by molar-refractivity contribution is 5.76. The third-order valence-electron chi connectivity index (χ3n) is 4.01. The SMILES string of the molecule is CNC1CCCN(C(=O)CCn2ccnc2C(C)C)C1. The normalized spacial score (nSPS) is 19.6. The summed E-state index contributed by atoms with van der Waals surface area (Å²) in [7, 11) is 1.97. The highest BCUT2D eigenvalue weighted by Crippen LogP contribution is 2.14. The molecule has 1 unspecified atom stereocenters. The number of likely N-dealkylation sites (tertiary alicyclic amines) is 1. The van der Waals surface area contributed by atoms with Crippen molar-refractivity contribution in [1.82, 2.24) is 19.8 Å². The number of aryl methyl sites for hydroxylation is 1. The van der Waals surface area contributed by atoms with E-state index in [1.54, 1.807) is 0 Å². The first-order valence-electron chi connectivity index (χ1n) is 7.58. The highest BCUT2D eigenvalue weighted by atomic mass is 16.2. The van der Waals surface area contributed by atoms with E-state index >= 15 is 0 Å². The second kappa shape index (κ2) is 6.88. The van der Waals surface area contributed by atoms with E-state index in [4.69, 9.17) is 0 Å². The number of amides is 1. The fourth-order valence-corrected chi connectivity index (χ4v) is 2.82. The summed E-state index contributed by atoms with van der Waals surface area (Å²) < 4.78 is 2.10. The van der Waals surface area contributed by atoms with Gasteiger partial charge < -0.3 is 14.8 Å². The molecule has 0 aromatic carbocycles. The van der Waals surface area contributed by atoms with Crippen molar-refractivity contribution in [1.29, 1.82) is 0 Å². The van der Waals surface area contributed by atoms with E-state index in [-0.39, 0.29) is 5.91 Å². The largest absolute Gasteiger partial charge is 0.341 e. The summed E-state index contributed by atoms with van der Waals surface area (Å²) in [6.45, 7) is 6.73. The van der Waals surface area contributed by atoms with E-state index in [9.17, 15) is 4.79 Å². The van der Waals surface area contributed by atoms with Crippen molar-refractivity contribution >= 4 is 5.91 Å². The van der Waals surface area contributed by atoms with Gasteiger partial charge in [-0.25, -0.2) is 4.98 Å². The minimum absolute atomic E-state index is 0.258. The second-order valence-electron chi connectivity index (χ2n) is 5.85. The van der Waals surface area contributed by atoms with E-state index in [0.717, 1.165) is 31.9 Å². The van der Waals surface area contributed by atoms with Crippen molar-refractivity contribution in [3.8, 4) is 0 Å². The number of aromatic nitrogens is 2. The molecular weight excluding hydrogens is 252 g/mol. The number of nitrogens with zero attached hydrogens (tertiary/aromatic N) is 3. The fourth-order valence-electron chi connectivity index (χ4n) is 2.82. The number of carbonyl (C=O) groups excluding carboxylic acids is 1. The van der Waals surface area contributed by atoms with Gasteiger partial charge in [-0.2, -0.15) is 0 Å². The van der Waals surface area contributed by atoms with Crippen LogP contribution in [0.4, 0.5) is 0 Å². The molecule has 1 amide bonds. The standard InChI is InChI=1S/C15H26N4O/c1-12(2)15-17-7-10-18(15)9-6-14(20)19-8-4-5-13(11-19)16-3/h7,10,12-13,16H,4-6,8-9,11H2,1-3H3. The van der Waals surface area contributed by atoms with Crippen LogP contribution in [0.2, 0.25) is 0 Å². The lowest BCUT2D eigenvalue weighted by Gasteiger charge is -2.32. The Labute approximate surface area is 121 Å². The van der Waals surface area contributed by atoms with Gasteiger partial charge in [-0.1, -0.05) is 13.8 Å². The van der Waals surface area contributed by atoms with Gasteiger partial charge in [0.15, 0.2) is 0 Å². The number of carbonyl (C=O) groups is 1. The molecule has 112 valence electrons. The first-order chi connectivity index (χ1) is 9.61. The molecule has 5 heteroatoms. The van der Waals surface area contributed by atoms with Crippen LogP contribution in [0.1, 0.15) is 44.9 Å². The summed E-state index contributed by atoms with van der Waals surface area (Å²) in [5, 5.41) is 3.27. The van der Waals surface area contributed by atoms with Gasteiger partial charge >= 0.3 is 0 Å². The van der Waals surface area contributed by atoms with Crippen molar-refractivity contribution in [3.63, 3.8) is 0 Å². The molecule has 0 spiro atoms. The van der Waals surface area contributed by atoms with Gasteiger partial charge in [-0.15, -0.1) is 0 Å². The second-order valence-corrected chi connectivity index (χ2v) is 5.85. The molecule has 20 heavy (non-hydrogen) atoms. The van der Waals surface area contributed by atoms with Crippen LogP contribution in [0.3, 0.4) is 0 Å². The number of imidazole rings is 1. The molecule has 1 saturated heterocycles. The van der Waals surface area contributed by atoms with Gasteiger partial charge in [0.25, 0.3) is 0 Å². The number of hydrogen-bond donors (Lipinski definition) is 1. The number of piperidine rings is 1. The molecule has 1 fully saturated rings. The molecule has 0 radical (unpaired) electrons. The number of likely N-dealkylation sites (N-methyl/N-ethyl adjacent to an activating group) is 1. The minimum Gasteiger partial charge on any atom is -0.341 e. The Morgan fingerprint density at radius 3 is 3.05 bits per heavy atom. The lowest BCUT2D eigenvalue weighted by Crippen LogP contribution is -2.47. The Morgan fingerprint density at radius 1 is 1.55 bits per heavy atom. The third-order valence-corrected chi connectivity index (χ3v) is 4.01. The average Bonchev–Trinajstić information content (AvgIpc) is 2.93. The minimum atomic E-state index is 0.258. The molecule has 5 nitrogen and oxygen atoms in total. The van der Waals surface area contributed by atoms with Gasteiger partial charge in [0.05, 0.1) is 0 Å². The van der Waals surface area contributed by atoms with Crippen LogP contribution in [0.15, 0.2) is 12.4 Å². The zero-order valence-electron chi connectivity index (χ0n) is 12.8. The van der Waals surface area contributed by atoms with Crippen molar-refractivity contribution in [2.24, 2.45) is 0 Å². The van der Waals surface area contributed by atoms with Gasteiger partial charge in [-0.05, 0) is 19.9 Å². The molecule has 0 aliphatic carbocycles. The Kier molecular flexibility index (Phi) is 5.17. The van der Waals surface area contributed by atoms with Crippen LogP contribution in [-0.4, -0.2) is 46.5 Å². The Hall–Kier alpha value is -1.36. The molecule has 1 aromatic rings. The van der Waals surface area contributed by atoms with E-state index < -0.39 is 0 Å². The van der Waals surface area contributed by atoms with Crippen molar-refractivity contribution in [3.05, 3.63) is 18.2 Å². The Morgan fingerprint density at radius 2 is 2.35 bits per heavy atom. The molecule has 2 rings (SSSR count). The van der Waals surface area contributed by atoms with Crippen LogP contribution >= 0.6 is 0 Å². The maximum atomic E-state index is 12.3. The van der Waals surface area contributed by atoms with Gasteiger partial charge in [0, 0.05) is 50.4 Å². The van der Waals surface area contributed by atoms with E-state index in [0.29, 0.717) is 18.4 Å².